The van der Waals surface area contributed by atoms with Gasteiger partial charge in [0.2, 0.25) is 5.91 Å². The number of rotatable bonds is 15. The van der Waals surface area contributed by atoms with E-state index in [4.69, 9.17) is 0 Å². The van der Waals surface area contributed by atoms with E-state index in [1.165, 1.54) is 11.1 Å². The number of phenols is 1. The van der Waals surface area contributed by atoms with Gasteiger partial charge in [-0.15, -0.1) is 0 Å². The molecule has 43 heavy (non-hydrogen) atoms. The molecule has 1 amide bonds. The zero-order valence-electron chi connectivity index (χ0n) is 27.1. The van der Waals surface area contributed by atoms with Crippen molar-refractivity contribution in [2.45, 2.75) is 103 Å². The Labute approximate surface area is 259 Å². The summed E-state index contributed by atoms with van der Waals surface area (Å²) >= 11 is 0. The van der Waals surface area contributed by atoms with Gasteiger partial charge in [-0.2, -0.15) is 0 Å². The molecule has 0 saturated carbocycles. The van der Waals surface area contributed by atoms with E-state index in [-0.39, 0.29) is 40.8 Å². The van der Waals surface area contributed by atoms with Crippen molar-refractivity contribution in [1.29, 1.82) is 0 Å². The molecule has 0 heterocycles. The molecule has 7 heteroatoms. The molecule has 5 N–H and O–H groups in total. The standard InChI is InChI=1S/C36H52N2O4Si/c1-26(37-24-32(23-36(4,5)43(6,7)42)30-16-17-33(40)31(21-30)25-39)18-28-14-11-15-29(19-28)20-34(41)38-35(2,3)22-27-12-9-8-10-13-27/h8-17,19,21,26,32,37,39-40,42H,18,20,22-25H2,1-7H3,(H,38,41)/t26-,32+/m1/s1. The summed E-state index contributed by atoms with van der Waals surface area (Å²) in [5.41, 5.74) is 4.57. The van der Waals surface area contributed by atoms with Gasteiger partial charge in [0.15, 0.2) is 8.32 Å². The maximum absolute atomic E-state index is 12.9. The number of nitrogens with one attached hydrogen (secondary N) is 2. The van der Waals surface area contributed by atoms with Crippen LogP contribution < -0.4 is 10.6 Å². The Kier molecular flexibility index (Phi) is 11.8. The summed E-state index contributed by atoms with van der Waals surface area (Å²) in [5, 5.41) is 26.5. The Bertz CT molecular complexity index is 1330. The van der Waals surface area contributed by atoms with Gasteiger partial charge in [0.05, 0.1) is 13.0 Å². The van der Waals surface area contributed by atoms with Crippen LogP contribution in [0.15, 0.2) is 72.8 Å². The van der Waals surface area contributed by atoms with Gasteiger partial charge >= 0.3 is 0 Å². The van der Waals surface area contributed by atoms with Crippen molar-refractivity contribution in [3.8, 4) is 5.75 Å². The number of hydrogen-bond acceptors (Lipinski definition) is 5. The Morgan fingerprint density at radius 3 is 2.21 bits per heavy atom. The van der Waals surface area contributed by atoms with Crippen molar-refractivity contribution < 1.29 is 19.8 Å². The quantitative estimate of drug-likeness (QED) is 0.132. The molecule has 3 aromatic rings. The van der Waals surface area contributed by atoms with Crippen molar-refractivity contribution in [3.05, 3.63) is 101 Å². The minimum atomic E-state index is -2.44. The number of amides is 1. The fourth-order valence-corrected chi connectivity index (χ4v) is 6.30. The first-order valence-corrected chi connectivity index (χ1v) is 18.3. The van der Waals surface area contributed by atoms with E-state index in [2.05, 4.69) is 69.5 Å². The van der Waals surface area contributed by atoms with Crippen molar-refractivity contribution in [2.75, 3.05) is 6.54 Å². The Balaban J connectivity index is 1.63. The van der Waals surface area contributed by atoms with E-state index in [1.807, 2.05) is 55.6 Å². The topological polar surface area (TPSA) is 102 Å². The highest BCUT2D eigenvalue weighted by Crippen LogP contribution is 2.44. The lowest BCUT2D eigenvalue weighted by molar-refractivity contribution is -0.122. The highest BCUT2D eigenvalue weighted by atomic mass is 28.4. The van der Waals surface area contributed by atoms with Crippen LogP contribution in [0, 0.1) is 0 Å². The highest BCUT2D eigenvalue weighted by molar-refractivity contribution is 6.72. The fraction of sp³-hybridized carbons (Fsp3) is 0.472. The molecule has 0 bridgehead atoms. The van der Waals surface area contributed by atoms with Crippen LogP contribution in [0.5, 0.6) is 5.75 Å². The monoisotopic (exact) mass is 604 g/mol. The maximum atomic E-state index is 12.9. The Morgan fingerprint density at radius 2 is 1.56 bits per heavy atom. The number of hydrogen-bond donors (Lipinski definition) is 5. The summed E-state index contributed by atoms with van der Waals surface area (Å²) in [5.74, 6) is 0.202. The maximum Gasteiger partial charge on any atom is 0.224 e. The van der Waals surface area contributed by atoms with Gasteiger partial charge in [0, 0.05) is 23.7 Å². The van der Waals surface area contributed by atoms with Gasteiger partial charge in [0.1, 0.15) is 5.75 Å². The molecule has 0 saturated heterocycles. The van der Waals surface area contributed by atoms with Crippen LogP contribution in [0.4, 0.5) is 0 Å². The highest BCUT2D eigenvalue weighted by Gasteiger charge is 2.40. The summed E-state index contributed by atoms with van der Waals surface area (Å²) in [4.78, 5) is 23.9. The minimum absolute atomic E-state index is 0.0150. The largest absolute Gasteiger partial charge is 0.508 e. The molecule has 0 spiro atoms. The number of carbonyl (C=O) groups is 1. The smallest absolute Gasteiger partial charge is 0.224 e. The van der Waals surface area contributed by atoms with Crippen LogP contribution in [0.3, 0.4) is 0 Å². The van der Waals surface area contributed by atoms with E-state index in [0.29, 0.717) is 18.5 Å². The first-order valence-electron chi connectivity index (χ1n) is 15.4. The second-order valence-corrected chi connectivity index (χ2v) is 18.5. The zero-order valence-corrected chi connectivity index (χ0v) is 28.1. The van der Waals surface area contributed by atoms with E-state index in [0.717, 1.165) is 30.4 Å². The summed E-state index contributed by atoms with van der Waals surface area (Å²) in [6.45, 7) is 15.0. The minimum Gasteiger partial charge on any atom is -0.508 e. The second kappa shape index (κ2) is 14.7. The molecule has 6 nitrogen and oxygen atoms in total. The molecular weight excluding hydrogens is 552 g/mol. The van der Waals surface area contributed by atoms with Gasteiger partial charge in [-0.1, -0.05) is 74.5 Å². The molecule has 0 fully saturated rings. The summed E-state index contributed by atoms with van der Waals surface area (Å²) in [7, 11) is -2.44. The lowest BCUT2D eigenvalue weighted by Crippen LogP contribution is -2.45. The molecule has 0 radical (unpaired) electrons. The molecule has 0 aliphatic heterocycles. The van der Waals surface area contributed by atoms with Gasteiger partial charge in [-0.25, -0.2) is 0 Å². The van der Waals surface area contributed by atoms with E-state index < -0.39 is 8.32 Å². The van der Waals surface area contributed by atoms with Crippen molar-refractivity contribution in [2.24, 2.45) is 0 Å². The molecular formula is C36H52N2O4Si. The third-order valence-electron chi connectivity index (χ3n) is 8.74. The van der Waals surface area contributed by atoms with Crippen LogP contribution in [0.25, 0.3) is 0 Å². The SMILES string of the molecule is C[C@H](Cc1cccc(CC(=O)NC(C)(C)Cc2ccccc2)c1)NC[C@H](CC(C)(C)[Si](C)(C)O)c1ccc(O)c(CO)c1. The summed E-state index contributed by atoms with van der Waals surface area (Å²) < 4.78 is 0. The predicted octanol–water partition coefficient (Wildman–Crippen LogP) is 6.24. The number of aliphatic hydroxyl groups is 1. The van der Waals surface area contributed by atoms with Crippen LogP contribution in [-0.2, 0) is 30.7 Å². The predicted molar refractivity (Wildman–Crippen MR) is 179 cm³/mol. The normalized spacial score (nSPS) is 13.9. The lowest BCUT2D eigenvalue weighted by Gasteiger charge is -2.38. The van der Waals surface area contributed by atoms with Gasteiger partial charge in [-0.3, -0.25) is 4.79 Å². The van der Waals surface area contributed by atoms with Crippen LogP contribution >= 0.6 is 0 Å². The average molecular weight is 605 g/mol. The first-order chi connectivity index (χ1) is 20.1. The third-order valence-corrected chi connectivity index (χ3v) is 12.3. The molecule has 0 aromatic heterocycles. The van der Waals surface area contributed by atoms with Crippen LogP contribution in [0.1, 0.15) is 74.8 Å². The molecule has 3 rings (SSSR count). The molecule has 0 aliphatic carbocycles. The van der Waals surface area contributed by atoms with Crippen molar-refractivity contribution in [3.63, 3.8) is 0 Å². The van der Waals surface area contributed by atoms with Crippen molar-refractivity contribution in [1.82, 2.24) is 10.6 Å². The van der Waals surface area contributed by atoms with E-state index in [9.17, 15) is 19.8 Å². The van der Waals surface area contributed by atoms with E-state index >= 15 is 0 Å². The fourth-order valence-electron chi connectivity index (χ4n) is 5.55. The second-order valence-electron chi connectivity index (χ2n) is 14.0. The molecule has 2 atom stereocenters. The van der Waals surface area contributed by atoms with Crippen molar-refractivity contribution >= 4 is 14.2 Å². The lowest BCUT2D eigenvalue weighted by atomic mass is 9.88. The Hall–Kier alpha value is -2.97. The molecule has 234 valence electrons. The molecule has 3 aromatic carbocycles. The van der Waals surface area contributed by atoms with E-state index in [1.54, 1.807) is 6.07 Å². The Morgan fingerprint density at radius 1 is 0.907 bits per heavy atom. The molecule has 0 aliphatic rings. The first kappa shape index (κ1) is 34.5. The summed E-state index contributed by atoms with van der Waals surface area (Å²) in [6.07, 6.45) is 2.69. The number of aromatic hydroxyl groups is 1. The number of carbonyl (C=O) groups excluding carboxylic acids is 1. The summed E-state index contributed by atoms with van der Waals surface area (Å²) in [6, 6.07) is 24.1. The van der Waals surface area contributed by atoms with Crippen LogP contribution in [0.2, 0.25) is 18.1 Å². The number of benzene rings is 3. The van der Waals surface area contributed by atoms with Gasteiger partial charge < -0.3 is 25.6 Å². The van der Waals surface area contributed by atoms with Crippen LogP contribution in [-0.4, -0.2) is 47.4 Å². The number of aliphatic hydroxyl groups excluding tert-OH is 1. The molecule has 0 unspecified atom stereocenters. The average Bonchev–Trinajstić information content (AvgIpc) is 2.90. The van der Waals surface area contributed by atoms with Gasteiger partial charge in [-0.05, 0) is 98.5 Å². The third kappa shape index (κ3) is 10.6. The van der Waals surface area contributed by atoms with Gasteiger partial charge in [0.25, 0.3) is 0 Å². The zero-order chi connectivity index (χ0) is 31.8.